The van der Waals surface area contributed by atoms with Crippen LogP contribution >= 0.6 is 0 Å². The van der Waals surface area contributed by atoms with Crippen LogP contribution in [0.25, 0.3) is 0 Å². The number of aromatic nitrogens is 2. The monoisotopic (exact) mass is 354 g/mol. The average molecular weight is 354 g/mol. The number of rotatable bonds is 5. The van der Waals surface area contributed by atoms with Gasteiger partial charge in [-0.3, -0.25) is 14.6 Å². The van der Waals surface area contributed by atoms with Gasteiger partial charge < -0.3 is 15.0 Å². The molecule has 136 valence electrons. The lowest BCUT2D eigenvalue weighted by molar-refractivity contribution is -0.131. The topological polar surface area (TPSA) is 84.4 Å². The number of hydrogen-bond donors (Lipinski definition) is 1. The SMILES string of the molecule is COc1ccc(CC(=O)N2CCC(NC(=O)c3cnccn3)CC2)cc1. The molecular formula is C19H22N4O3. The van der Waals surface area contributed by atoms with Crippen molar-refractivity contribution in [3.8, 4) is 5.75 Å². The van der Waals surface area contributed by atoms with Crippen LogP contribution in [-0.2, 0) is 11.2 Å². The number of piperidine rings is 1. The molecule has 1 N–H and O–H groups in total. The van der Waals surface area contributed by atoms with Crippen LogP contribution in [-0.4, -0.2) is 52.9 Å². The van der Waals surface area contributed by atoms with Gasteiger partial charge in [-0.1, -0.05) is 12.1 Å². The predicted octanol–water partition coefficient (Wildman–Crippen LogP) is 1.45. The first-order valence-electron chi connectivity index (χ1n) is 8.63. The summed E-state index contributed by atoms with van der Waals surface area (Å²) < 4.78 is 5.13. The third-order valence-electron chi connectivity index (χ3n) is 4.49. The lowest BCUT2D eigenvalue weighted by Gasteiger charge is -2.32. The number of hydrogen-bond acceptors (Lipinski definition) is 5. The van der Waals surface area contributed by atoms with Crippen LogP contribution in [0.3, 0.4) is 0 Å². The summed E-state index contributed by atoms with van der Waals surface area (Å²) in [5, 5.41) is 2.96. The van der Waals surface area contributed by atoms with Gasteiger partial charge in [0.1, 0.15) is 11.4 Å². The molecule has 2 aromatic rings. The standard InChI is InChI=1S/C19H22N4O3/c1-26-16-4-2-14(3-5-16)12-18(24)23-10-6-15(7-11-23)22-19(25)17-13-20-8-9-21-17/h2-5,8-9,13,15H,6-7,10-12H2,1H3,(H,22,25). The summed E-state index contributed by atoms with van der Waals surface area (Å²) in [6.45, 7) is 1.28. The molecule has 26 heavy (non-hydrogen) atoms. The van der Waals surface area contributed by atoms with Crippen molar-refractivity contribution in [3.05, 3.63) is 54.1 Å². The number of carbonyl (C=O) groups excluding carboxylic acids is 2. The fraction of sp³-hybridized carbons (Fsp3) is 0.368. The Labute approximate surface area is 152 Å². The van der Waals surface area contributed by atoms with Gasteiger partial charge in [0.2, 0.25) is 5.91 Å². The van der Waals surface area contributed by atoms with Crippen molar-refractivity contribution in [2.45, 2.75) is 25.3 Å². The van der Waals surface area contributed by atoms with E-state index in [2.05, 4.69) is 15.3 Å². The molecule has 1 saturated heterocycles. The van der Waals surface area contributed by atoms with Gasteiger partial charge in [0.15, 0.2) is 0 Å². The quantitative estimate of drug-likeness (QED) is 0.878. The first kappa shape index (κ1) is 17.8. The van der Waals surface area contributed by atoms with Crippen molar-refractivity contribution < 1.29 is 14.3 Å². The van der Waals surface area contributed by atoms with E-state index < -0.39 is 0 Å². The van der Waals surface area contributed by atoms with E-state index in [1.165, 1.54) is 18.6 Å². The molecule has 1 aliphatic heterocycles. The lowest BCUT2D eigenvalue weighted by atomic mass is 10.0. The number of nitrogens with zero attached hydrogens (tertiary/aromatic N) is 3. The molecule has 3 rings (SSSR count). The second kappa shape index (κ2) is 8.42. The fourth-order valence-electron chi connectivity index (χ4n) is 2.98. The molecule has 1 aliphatic rings. The zero-order valence-electron chi connectivity index (χ0n) is 14.7. The smallest absolute Gasteiger partial charge is 0.271 e. The van der Waals surface area contributed by atoms with E-state index in [9.17, 15) is 9.59 Å². The van der Waals surface area contributed by atoms with E-state index in [1.807, 2.05) is 29.2 Å². The Balaban J connectivity index is 1.46. The molecule has 0 bridgehead atoms. The summed E-state index contributed by atoms with van der Waals surface area (Å²) in [4.78, 5) is 34.3. The number of likely N-dealkylation sites (tertiary alicyclic amines) is 1. The van der Waals surface area contributed by atoms with Gasteiger partial charge in [0, 0.05) is 31.5 Å². The van der Waals surface area contributed by atoms with Gasteiger partial charge in [-0.05, 0) is 30.5 Å². The highest BCUT2D eigenvalue weighted by atomic mass is 16.5. The first-order valence-corrected chi connectivity index (χ1v) is 8.63. The minimum atomic E-state index is -0.221. The molecule has 2 heterocycles. The predicted molar refractivity (Wildman–Crippen MR) is 95.8 cm³/mol. The van der Waals surface area contributed by atoms with Crippen molar-refractivity contribution in [1.82, 2.24) is 20.2 Å². The molecule has 1 aromatic heterocycles. The minimum absolute atomic E-state index is 0.0505. The highest BCUT2D eigenvalue weighted by Gasteiger charge is 2.24. The highest BCUT2D eigenvalue weighted by molar-refractivity contribution is 5.92. The Morgan fingerprint density at radius 2 is 1.92 bits per heavy atom. The Morgan fingerprint density at radius 1 is 1.19 bits per heavy atom. The van der Waals surface area contributed by atoms with Crippen molar-refractivity contribution in [2.24, 2.45) is 0 Å². The van der Waals surface area contributed by atoms with Crippen LogP contribution in [0.4, 0.5) is 0 Å². The summed E-state index contributed by atoms with van der Waals surface area (Å²) >= 11 is 0. The Kier molecular flexibility index (Phi) is 5.78. The molecule has 0 spiro atoms. The molecule has 7 heteroatoms. The number of ether oxygens (including phenoxy) is 1. The lowest BCUT2D eigenvalue weighted by Crippen LogP contribution is -2.47. The summed E-state index contributed by atoms with van der Waals surface area (Å²) in [7, 11) is 1.62. The summed E-state index contributed by atoms with van der Waals surface area (Å²) in [5.74, 6) is 0.663. The summed E-state index contributed by atoms with van der Waals surface area (Å²) in [6, 6.07) is 7.58. The number of methoxy groups -OCH3 is 1. The number of amides is 2. The maximum Gasteiger partial charge on any atom is 0.271 e. The van der Waals surface area contributed by atoms with Crippen LogP contribution in [0.15, 0.2) is 42.9 Å². The third-order valence-corrected chi connectivity index (χ3v) is 4.49. The zero-order valence-corrected chi connectivity index (χ0v) is 14.7. The molecule has 1 aromatic carbocycles. The molecule has 0 radical (unpaired) electrons. The van der Waals surface area contributed by atoms with E-state index in [0.717, 1.165) is 24.2 Å². The number of carbonyl (C=O) groups is 2. The van der Waals surface area contributed by atoms with Crippen LogP contribution in [0.2, 0.25) is 0 Å². The zero-order chi connectivity index (χ0) is 18.4. The van der Waals surface area contributed by atoms with Gasteiger partial charge in [0.25, 0.3) is 5.91 Å². The van der Waals surface area contributed by atoms with Crippen molar-refractivity contribution in [3.63, 3.8) is 0 Å². The van der Waals surface area contributed by atoms with Crippen molar-refractivity contribution in [2.75, 3.05) is 20.2 Å². The van der Waals surface area contributed by atoms with Crippen LogP contribution < -0.4 is 10.1 Å². The fourth-order valence-corrected chi connectivity index (χ4v) is 2.98. The maximum absolute atomic E-state index is 12.5. The van der Waals surface area contributed by atoms with Gasteiger partial charge in [-0.25, -0.2) is 4.98 Å². The van der Waals surface area contributed by atoms with Crippen molar-refractivity contribution in [1.29, 1.82) is 0 Å². The van der Waals surface area contributed by atoms with E-state index in [4.69, 9.17) is 4.74 Å². The second-order valence-corrected chi connectivity index (χ2v) is 6.24. The normalized spacial score (nSPS) is 14.7. The van der Waals surface area contributed by atoms with Gasteiger partial charge in [0.05, 0.1) is 19.7 Å². The molecule has 0 atom stereocenters. The van der Waals surface area contributed by atoms with E-state index in [1.54, 1.807) is 7.11 Å². The Hall–Kier alpha value is -2.96. The van der Waals surface area contributed by atoms with Crippen molar-refractivity contribution >= 4 is 11.8 Å². The third kappa shape index (κ3) is 4.56. The van der Waals surface area contributed by atoms with Gasteiger partial charge in [-0.2, -0.15) is 0 Å². The largest absolute Gasteiger partial charge is 0.497 e. The van der Waals surface area contributed by atoms with Crippen LogP contribution in [0.1, 0.15) is 28.9 Å². The second-order valence-electron chi connectivity index (χ2n) is 6.24. The van der Waals surface area contributed by atoms with Crippen LogP contribution in [0.5, 0.6) is 5.75 Å². The van der Waals surface area contributed by atoms with E-state index >= 15 is 0 Å². The number of benzene rings is 1. The summed E-state index contributed by atoms with van der Waals surface area (Å²) in [6.07, 6.45) is 6.32. The van der Waals surface area contributed by atoms with Gasteiger partial charge >= 0.3 is 0 Å². The number of nitrogens with one attached hydrogen (secondary N) is 1. The van der Waals surface area contributed by atoms with Crippen LogP contribution in [0, 0.1) is 0 Å². The molecular weight excluding hydrogens is 332 g/mol. The maximum atomic E-state index is 12.5. The van der Waals surface area contributed by atoms with E-state index in [-0.39, 0.29) is 17.9 Å². The Morgan fingerprint density at radius 3 is 2.54 bits per heavy atom. The molecule has 2 amide bonds. The first-order chi connectivity index (χ1) is 12.7. The molecule has 1 fully saturated rings. The van der Waals surface area contributed by atoms with E-state index in [0.29, 0.717) is 25.2 Å². The molecule has 7 nitrogen and oxygen atoms in total. The highest BCUT2D eigenvalue weighted by Crippen LogP contribution is 2.15. The van der Waals surface area contributed by atoms with Gasteiger partial charge in [-0.15, -0.1) is 0 Å². The average Bonchev–Trinajstić information content (AvgIpc) is 2.69. The molecule has 0 unspecified atom stereocenters. The Bertz CT molecular complexity index is 741. The molecule has 0 aliphatic carbocycles. The minimum Gasteiger partial charge on any atom is -0.497 e. The summed E-state index contributed by atoms with van der Waals surface area (Å²) in [5.41, 5.74) is 1.28. The molecule has 0 saturated carbocycles.